The number of hydrogen-bond acceptors (Lipinski definition) is 4. The summed E-state index contributed by atoms with van der Waals surface area (Å²) in [6.45, 7) is 4.78. The molecule has 1 N–H and O–H groups in total. The average Bonchev–Trinajstić information content (AvgIpc) is 3.05. The normalized spacial score (nSPS) is 24.7. The van der Waals surface area contributed by atoms with Crippen LogP contribution in [0.1, 0.15) is 30.0 Å². The van der Waals surface area contributed by atoms with Gasteiger partial charge in [-0.3, -0.25) is 4.90 Å². The van der Waals surface area contributed by atoms with Crippen LogP contribution in [0.25, 0.3) is 5.69 Å². The fourth-order valence-corrected chi connectivity index (χ4v) is 3.92. The molecule has 0 amide bonds. The van der Waals surface area contributed by atoms with Crippen LogP contribution in [0.15, 0.2) is 36.5 Å². The van der Waals surface area contributed by atoms with Crippen molar-refractivity contribution in [1.29, 1.82) is 0 Å². The van der Waals surface area contributed by atoms with Gasteiger partial charge in [0.25, 0.3) is 0 Å². The number of para-hydroxylation sites is 1. The molecular formula is C19H25N3O2. The summed E-state index contributed by atoms with van der Waals surface area (Å²) < 4.78 is 7.42. The molecule has 4 rings (SSSR count). The molecule has 2 heterocycles. The summed E-state index contributed by atoms with van der Waals surface area (Å²) in [5.74, 6) is 0.393. The Morgan fingerprint density at radius 3 is 2.75 bits per heavy atom. The van der Waals surface area contributed by atoms with Crippen LogP contribution >= 0.6 is 0 Å². The van der Waals surface area contributed by atoms with E-state index in [9.17, 15) is 5.11 Å². The Hall–Kier alpha value is -1.69. The van der Waals surface area contributed by atoms with E-state index in [-0.39, 0.29) is 6.10 Å². The molecule has 1 fully saturated rings. The number of aliphatic hydroxyl groups is 1. The molecule has 0 spiro atoms. The molecule has 2 unspecified atom stereocenters. The number of hydrogen-bond donors (Lipinski definition) is 1. The molecule has 2 aliphatic rings. The maximum Gasteiger partial charge on any atom is 0.0648 e. The van der Waals surface area contributed by atoms with Crippen LogP contribution in [-0.4, -0.2) is 58.7 Å². The predicted octanol–water partition coefficient (Wildman–Crippen LogP) is 1.99. The Morgan fingerprint density at radius 2 is 1.96 bits per heavy atom. The number of ether oxygens (including phenoxy) is 1. The zero-order chi connectivity index (χ0) is 16.4. The molecule has 128 valence electrons. The summed E-state index contributed by atoms with van der Waals surface area (Å²) in [4.78, 5) is 2.46. The maximum atomic E-state index is 10.4. The third-order valence-electron chi connectivity index (χ3n) is 5.22. The molecule has 2 atom stereocenters. The minimum Gasteiger partial charge on any atom is -0.393 e. The van der Waals surface area contributed by atoms with Gasteiger partial charge in [0.2, 0.25) is 0 Å². The van der Waals surface area contributed by atoms with Crippen LogP contribution in [-0.2, 0) is 11.2 Å². The highest BCUT2D eigenvalue weighted by Crippen LogP contribution is 2.35. The molecular weight excluding hydrogens is 302 g/mol. The van der Waals surface area contributed by atoms with E-state index in [1.807, 2.05) is 29.1 Å². The van der Waals surface area contributed by atoms with Gasteiger partial charge >= 0.3 is 0 Å². The molecule has 0 bridgehead atoms. The van der Waals surface area contributed by atoms with Crippen molar-refractivity contribution < 1.29 is 9.84 Å². The average molecular weight is 327 g/mol. The van der Waals surface area contributed by atoms with E-state index in [0.29, 0.717) is 12.3 Å². The van der Waals surface area contributed by atoms with Gasteiger partial charge in [0.1, 0.15) is 0 Å². The minimum absolute atomic E-state index is 0.272. The van der Waals surface area contributed by atoms with Crippen molar-refractivity contribution in [2.24, 2.45) is 0 Å². The summed E-state index contributed by atoms with van der Waals surface area (Å²) in [7, 11) is 0. The second kappa shape index (κ2) is 7.05. The number of rotatable bonds is 4. The maximum absolute atomic E-state index is 10.4. The monoisotopic (exact) mass is 327 g/mol. The SMILES string of the molecule is OC1Cc2c(cnn2-c2ccccc2)C(CCN2CCOCC2)C1. The van der Waals surface area contributed by atoms with Gasteiger partial charge in [0, 0.05) is 19.5 Å². The number of aliphatic hydroxyl groups excluding tert-OH is 1. The van der Waals surface area contributed by atoms with Crippen LogP contribution in [0.2, 0.25) is 0 Å². The van der Waals surface area contributed by atoms with E-state index in [4.69, 9.17) is 4.74 Å². The highest BCUT2D eigenvalue weighted by atomic mass is 16.5. The van der Waals surface area contributed by atoms with Crippen LogP contribution in [0.4, 0.5) is 0 Å². The number of fused-ring (bicyclic) bond motifs is 1. The lowest BCUT2D eigenvalue weighted by Gasteiger charge is -2.31. The van der Waals surface area contributed by atoms with Crippen LogP contribution in [0.5, 0.6) is 0 Å². The minimum atomic E-state index is -0.272. The van der Waals surface area contributed by atoms with Crippen LogP contribution < -0.4 is 0 Å². The van der Waals surface area contributed by atoms with Gasteiger partial charge in [0.05, 0.1) is 36.9 Å². The smallest absolute Gasteiger partial charge is 0.0648 e. The number of aromatic nitrogens is 2. The molecule has 1 aromatic heterocycles. The van der Waals surface area contributed by atoms with Gasteiger partial charge in [-0.2, -0.15) is 5.10 Å². The fourth-order valence-electron chi connectivity index (χ4n) is 3.92. The van der Waals surface area contributed by atoms with E-state index in [1.165, 1.54) is 11.3 Å². The highest BCUT2D eigenvalue weighted by molar-refractivity contribution is 5.37. The lowest BCUT2D eigenvalue weighted by atomic mass is 9.83. The molecule has 5 nitrogen and oxygen atoms in total. The third kappa shape index (κ3) is 3.24. The first-order valence-electron chi connectivity index (χ1n) is 8.91. The van der Waals surface area contributed by atoms with E-state index in [2.05, 4.69) is 22.1 Å². The number of benzene rings is 1. The largest absolute Gasteiger partial charge is 0.393 e. The van der Waals surface area contributed by atoms with Crippen molar-refractivity contribution in [3.8, 4) is 5.69 Å². The second-order valence-corrected chi connectivity index (χ2v) is 6.83. The third-order valence-corrected chi connectivity index (χ3v) is 5.22. The van der Waals surface area contributed by atoms with Crippen LogP contribution in [0.3, 0.4) is 0 Å². The van der Waals surface area contributed by atoms with E-state index in [0.717, 1.165) is 51.4 Å². The molecule has 24 heavy (non-hydrogen) atoms. The molecule has 1 saturated heterocycles. The summed E-state index contributed by atoms with van der Waals surface area (Å²) >= 11 is 0. The fraction of sp³-hybridized carbons (Fsp3) is 0.526. The van der Waals surface area contributed by atoms with Gasteiger partial charge in [-0.05, 0) is 43.0 Å². The molecule has 1 aliphatic heterocycles. The van der Waals surface area contributed by atoms with Crippen molar-refractivity contribution in [2.75, 3.05) is 32.8 Å². The molecule has 0 saturated carbocycles. The van der Waals surface area contributed by atoms with Gasteiger partial charge in [-0.1, -0.05) is 18.2 Å². The lowest BCUT2D eigenvalue weighted by Crippen LogP contribution is -2.37. The quantitative estimate of drug-likeness (QED) is 0.933. The Labute approximate surface area is 142 Å². The van der Waals surface area contributed by atoms with Crippen molar-refractivity contribution in [3.63, 3.8) is 0 Å². The second-order valence-electron chi connectivity index (χ2n) is 6.83. The highest BCUT2D eigenvalue weighted by Gasteiger charge is 2.30. The first-order valence-corrected chi connectivity index (χ1v) is 8.91. The lowest BCUT2D eigenvalue weighted by molar-refractivity contribution is 0.0353. The van der Waals surface area contributed by atoms with E-state index < -0.39 is 0 Å². The van der Waals surface area contributed by atoms with E-state index >= 15 is 0 Å². The zero-order valence-corrected chi connectivity index (χ0v) is 14.0. The Bertz CT molecular complexity index is 665. The number of nitrogens with zero attached hydrogens (tertiary/aromatic N) is 3. The van der Waals surface area contributed by atoms with Crippen molar-refractivity contribution in [1.82, 2.24) is 14.7 Å². The molecule has 1 aliphatic carbocycles. The Balaban J connectivity index is 1.53. The summed E-state index contributed by atoms with van der Waals surface area (Å²) in [5.41, 5.74) is 3.56. The van der Waals surface area contributed by atoms with Gasteiger partial charge in [-0.25, -0.2) is 4.68 Å². The van der Waals surface area contributed by atoms with Gasteiger partial charge in [0.15, 0.2) is 0 Å². The summed E-state index contributed by atoms with van der Waals surface area (Å²) in [6.07, 6.45) is 4.35. The van der Waals surface area contributed by atoms with Gasteiger partial charge in [-0.15, -0.1) is 0 Å². The van der Waals surface area contributed by atoms with Crippen molar-refractivity contribution >= 4 is 0 Å². The first kappa shape index (κ1) is 15.8. The topological polar surface area (TPSA) is 50.5 Å². The molecule has 5 heteroatoms. The summed E-state index contributed by atoms with van der Waals surface area (Å²) in [6, 6.07) is 10.2. The first-order chi connectivity index (χ1) is 11.8. The van der Waals surface area contributed by atoms with Gasteiger partial charge < -0.3 is 9.84 Å². The number of morpholine rings is 1. The molecule has 1 aromatic carbocycles. The van der Waals surface area contributed by atoms with Crippen molar-refractivity contribution in [2.45, 2.75) is 31.3 Å². The molecule has 2 aromatic rings. The molecule has 0 radical (unpaired) electrons. The zero-order valence-electron chi connectivity index (χ0n) is 14.0. The summed E-state index contributed by atoms with van der Waals surface area (Å²) in [5, 5.41) is 15.0. The standard InChI is InChI=1S/C19H25N3O2/c23-17-12-15(6-7-21-8-10-24-11-9-21)18-14-20-22(19(18)13-17)16-4-2-1-3-5-16/h1-5,14-15,17,23H,6-13H2. The van der Waals surface area contributed by atoms with E-state index in [1.54, 1.807) is 0 Å². The Kier molecular flexibility index (Phi) is 4.65. The van der Waals surface area contributed by atoms with Crippen molar-refractivity contribution in [3.05, 3.63) is 47.8 Å². The predicted molar refractivity (Wildman–Crippen MR) is 92.5 cm³/mol. The Morgan fingerprint density at radius 1 is 1.17 bits per heavy atom. The van der Waals surface area contributed by atoms with Crippen LogP contribution in [0, 0.1) is 0 Å².